The van der Waals surface area contributed by atoms with Gasteiger partial charge in [-0.2, -0.15) is 0 Å². The summed E-state index contributed by atoms with van der Waals surface area (Å²) in [4.78, 5) is 2.78. The Morgan fingerprint density at radius 1 is 1.33 bits per heavy atom. The second-order valence-corrected chi connectivity index (χ2v) is 6.63. The zero-order chi connectivity index (χ0) is 15.5. The van der Waals surface area contributed by atoms with Gasteiger partial charge in [0.05, 0.1) is 6.10 Å². The van der Waals surface area contributed by atoms with E-state index in [2.05, 4.69) is 18.7 Å². The minimum Gasteiger partial charge on any atom is -0.389 e. The van der Waals surface area contributed by atoms with Crippen LogP contribution in [0.15, 0.2) is 24.3 Å². The fourth-order valence-corrected chi connectivity index (χ4v) is 3.37. The molecule has 0 amide bonds. The molecule has 1 heterocycles. The fraction of sp³-hybridized carbons (Fsp3) is 0.588. The summed E-state index contributed by atoms with van der Waals surface area (Å²) >= 11 is 4.95. The molecule has 0 aliphatic carbocycles. The Kier molecular flexibility index (Phi) is 5.36. The smallest absolute Gasteiger partial charge is 0.103 e. The van der Waals surface area contributed by atoms with E-state index in [1.54, 1.807) is 0 Å². The number of nitrogens with two attached hydrogens (primary N) is 1. The number of likely N-dealkylation sites (tertiary alicyclic amines) is 1. The molecule has 3 N–H and O–H groups in total. The molecule has 116 valence electrons. The lowest BCUT2D eigenvalue weighted by atomic mass is 9.82. The van der Waals surface area contributed by atoms with Gasteiger partial charge < -0.3 is 10.8 Å². The van der Waals surface area contributed by atoms with Gasteiger partial charge in [0, 0.05) is 18.7 Å². The summed E-state index contributed by atoms with van der Waals surface area (Å²) < 4.78 is 0. The number of β-amino-alcohol motifs (C(OH)–C–C–N with tert-alkyl or cyclic N) is 1. The molecular formula is C17H26N2OS. The first-order valence-corrected chi connectivity index (χ1v) is 8.20. The van der Waals surface area contributed by atoms with Crippen LogP contribution in [0.25, 0.3) is 0 Å². The molecule has 1 aromatic rings. The first-order valence-electron chi connectivity index (χ1n) is 7.80. The summed E-state index contributed by atoms with van der Waals surface area (Å²) in [5.74, 6) is 0. The maximum Gasteiger partial charge on any atom is 0.103 e. The summed E-state index contributed by atoms with van der Waals surface area (Å²) in [6, 6.07) is 7.60. The van der Waals surface area contributed by atoms with Crippen LogP contribution in [0, 0.1) is 5.41 Å². The molecule has 1 aliphatic rings. The molecule has 3 nitrogen and oxygen atoms in total. The van der Waals surface area contributed by atoms with Crippen LogP contribution in [0.4, 0.5) is 0 Å². The fourth-order valence-electron chi connectivity index (χ4n) is 3.23. The quantitative estimate of drug-likeness (QED) is 0.794. The van der Waals surface area contributed by atoms with Crippen LogP contribution < -0.4 is 5.73 Å². The van der Waals surface area contributed by atoms with Gasteiger partial charge in [0.2, 0.25) is 0 Å². The molecular weight excluding hydrogens is 280 g/mol. The Balaban J connectivity index is 1.96. The first kappa shape index (κ1) is 16.4. The van der Waals surface area contributed by atoms with E-state index < -0.39 is 6.10 Å². The highest BCUT2D eigenvalue weighted by atomic mass is 32.1. The molecule has 0 saturated carbocycles. The molecule has 2 rings (SSSR count). The van der Waals surface area contributed by atoms with Gasteiger partial charge >= 0.3 is 0 Å². The largest absolute Gasteiger partial charge is 0.389 e. The highest BCUT2D eigenvalue weighted by Gasteiger charge is 2.35. The van der Waals surface area contributed by atoms with Gasteiger partial charge in [0.25, 0.3) is 0 Å². The maximum absolute atomic E-state index is 10.4. The Morgan fingerprint density at radius 3 is 2.43 bits per heavy atom. The summed E-state index contributed by atoms with van der Waals surface area (Å²) in [5, 5.41) is 10.4. The lowest BCUT2D eigenvalue weighted by Crippen LogP contribution is -2.30. The molecule has 0 spiro atoms. The zero-order valence-electron chi connectivity index (χ0n) is 13.0. The normalized spacial score (nSPS) is 19.6. The number of nitrogens with zero attached hydrogens (tertiary/aromatic N) is 1. The van der Waals surface area contributed by atoms with E-state index in [1.807, 2.05) is 24.3 Å². The van der Waals surface area contributed by atoms with Crippen molar-refractivity contribution < 1.29 is 5.11 Å². The van der Waals surface area contributed by atoms with Crippen molar-refractivity contribution in [3.8, 4) is 0 Å². The third-order valence-corrected chi connectivity index (χ3v) is 5.26. The van der Waals surface area contributed by atoms with Crippen LogP contribution in [0.5, 0.6) is 0 Å². The van der Waals surface area contributed by atoms with Crippen LogP contribution in [0.1, 0.15) is 50.3 Å². The van der Waals surface area contributed by atoms with Gasteiger partial charge in [0.15, 0.2) is 0 Å². The van der Waals surface area contributed by atoms with Gasteiger partial charge in [-0.05, 0) is 36.8 Å². The summed E-state index contributed by atoms with van der Waals surface area (Å²) in [5.41, 5.74) is 7.82. The Bertz CT molecular complexity index is 482. The molecule has 0 aromatic heterocycles. The average Bonchev–Trinajstić information content (AvgIpc) is 2.91. The number of benzene rings is 1. The van der Waals surface area contributed by atoms with E-state index in [4.69, 9.17) is 18.0 Å². The number of thiocarbonyl (C=S) groups is 1. The first-order chi connectivity index (χ1) is 9.99. The van der Waals surface area contributed by atoms with E-state index in [9.17, 15) is 5.11 Å². The average molecular weight is 306 g/mol. The maximum atomic E-state index is 10.4. The van der Waals surface area contributed by atoms with Crippen molar-refractivity contribution in [1.82, 2.24) is 4.90 Å². The molecule has 1 aliphatic heterocycles. The van der Waals surface area contributed by atoms with E-state index in [1.165, 1.54) is 19.3 Å². The third-order valence-electron chi connectivity index (χ3n) is 5.03. The van der Waals surface area contributed by atoms with Crippen molar-refractivity contribution in [2.45, 2.75) is 39.2 Å². The van der Waals surface area contributed by atoms with Crippen LogP contribution in [0.3, 0.4) is 0 Å². The molecule has 1 fully saturated rings. The third kappa shape index (κ3) is 3.82. The second-order valence-electron chi connectivity index (χ2n) is 6.19. The van der Waals surface area contributed by atoms with Crippen LogP contribution >= 0.6 is 12.2 Å². The monoisotopic (exact) mass is 306 g/mol. The van der Waals surface area contributed by atoms with Crippen LogP contribution in [-0.2, 0) is 0 Å². The van der Waals surface area contributed by atoms with Gasteiger partial charge in [-0.1, -0.05) is 50.3 Å². The lowest BCUT2D eigenvalue weighted by molar-refractivity contribution is 0.117. The molecule has 1 atom stereocenters. The molecule has 4 heteroatoms. The summed E-state index contributed by atoms with van der Waals surface area (Å²) in [6.45, 7) is 7.44. The SMILES string of the molecule is CCC1(CC)CCN(CC(O)c2ccc(C(N)=S)cc2)C1. The van der Waals surface area contributed by atoms with Crippen molar-refractivity contribution in [3.63, 3.8) is 0 Å². The van der Waals surface area contributed by atoms with E-state index in [0.717, 1.165) is 24.2 Å². The highest BCUT2D eigenvalue weighted by Crippen LogP contribution is 2.37. The van der Waals surface area contributed by atoms with Crippen molar-refractivity contribution in [1.29, 1.82) is 0 Å². The van der Waals surface area contributed by atoms with Gasteiger partial charge in [-0.25, -0.2) is 0 Å². The van der Waals surface area contributed by atoms with Gasteiger partial charge in [-0.3, -0.25) is 4.90 Å². The molecule has 1 saturated heterocycles. The Hall–Kier alpha value is -0.970. The standard InChI is InChI=1S/C17H26N2OS/c1-3-17(4-2)9-10-19(12-17)11-15(20)13-5-7-14(8-6-13)16(18)21/h5-8,15,20H,3-4,9-12H2,1-2H3,(H2,18,21). The number of rotatable bonds is 6. The summed E-state index contributed by atoms with van der Waals surface area (Å²) in [7, 11) is 0. The van der Waals surface area contributed by atoms with Crippen molar-refractivity contribution in [2.75, 3.05) is 19.6 Å². The topological polar surface area (TPSA) is 49.5 Å². The van der Waals surface area contributed by atoms with Crippen molar-refractivity contribution >= 4 is 17.2 Å². The van der Waals surface area contributed by atoms with Crippen molar-refractivity contribution in [3.05, 3.63) is 35.4 Å². The Labute approximate surface area is 133 Å². The van der Waals surface area contributed by atoms with Crippen LogP contribution in [0.2, 0.25) is 0 Å². The number of aliphatic hydroxyl groups excluding tert-OH is 1. The minimum atomic E-state index is -0.449. The van der Waals surface area contributed by atoms with Crippen molar-refractivity contribution in [2.24, 2.45) is 11.1 Å². The molecule has 1 aromatic carbocycles. The zero-order valence-corrected chi connectivity index (χ0v) is 13.8. The Morgan fingerprint density at radius 2 is 1.95 bits per heavy atom. The molecule has 21 heavy (non-hydrogen) atoms. The second kappa shape index (κ2) is 6.86. The lowest BCUT2D eigenvalue weighted by Gasteiger charge is -2.27. The van der Waals surface area contributed by atoms with E-state index in [-0.39, 0.29) is 0 Å². The highest BCUT2D eigenvalue weighted by molar-refractivity contribution is 7.80. The van der Waals surface area contributed by atoms with E-state index >= 15 is 0 Å². The minimum absolute atomic E-state index is 0.395. The molecule has 0 radical (unpaired) electrons. The van der Waals surface area contributed by atoms with Crippen LogP contribution in [-0.4, -0.2) is 34.6 Å². The van der Waals surface area contributed by atoms with Gasteiger partial charge in [-0.15, -0.1) is 0 Å². The summed E-state index contributed by atoms with van der Waals surface area (Å²) in [6.07, 6.45) is 3.24. The number of hydrogen-bond acceptors (Lipinski definition) is 3. The number of hydrogen-bond donors (Lipinski definition) is 2. The van der Waals surface area contributed by atoms with Gasteiger partial charge in [0.1, 0.15) is 4.99 Å². The number of aliphatic hydroxyl groups is 1. The van der Waals surface area contributed by atoms with E-state index in [0.29, 0.717) is 16.9 Å². The predicted molar refractivity (Wildman–Crippen MR) is 91.4 cm³/mol. The molecule has 0 bridgehead atoms. The molecule has 1 unspecified atom stereocenters. The predicted octanol–water partition coefficient (Wildman–Crippen LogP) is 2.87.